The molecule has 0 aliphatic carbocycles. The lowest BCUT2D eigenvalue weighted by molar-refractivity contribution is 0.1000. The van der Waals surface area contributed by atoms with E-state index in [9.17, 15) is 9.18 Å². The normalized spacial score (nSPS) is 13.3. The van der Waals surface area contributed by atoms with Crippen LogP contribution in [0.15, 0.2) is 54.7 Å². The summed E-state index contributed by atoms with van der Waals surface area (Å²) < 4.78 is 21.8. The van der Waals surface area contributed by atoms with E-state index in [0.29, 0.717) is 12.0 Å². The molecule has 6 heteroatoms. The van der Waals surface area contributed by atoms with Crippen LogP contribution in [0.2, 0.25) is 0 Å². The van der Waals surface area contributed by atoms with E-state index in [2.05, 4.69) is 11.6 Å². The third kappa shape index (κ3) is 3.76. The van der Waals surface area contributed by atoms with Gasteiger partial charge in [-0.05, 0) is 37.6 Å². The molecule has 1 unspecified atom stereocenters. The highest BCUT2D eigenvalue weighted by atomic mass is 19.1. The summed E-state index contributed by atoms with van der Waals surface area (Å²) >= 11 is 0. The summed E-state index contributed by atoms with van der Waals surface area (Å²) in [5, 5.41) is 0.813. The first-order valence-electron chi connectivity index (χ1n) is 8.99. The standard InChI is InChI=1S/C22H24FN3O2/c1-14(2)11-22(3,13-28-18-8-6-5-7-17(18)23)19-10-15-9-16(20(24)27)12-25-21(15)26(19)4/h5-10,12H,1,11,13H2,2-4H3,(H2,24,27). The smallest absolute Gasteiger partial charge is 0.250 e. The molecule has 146 valence electrons. The number of carbonyl (C=O) groups is 1. The number of hydrogen-bond acceptors (Lipinski definition) is 3. The Labute approximate surface area is 163 Å². The van der Waals surface area contributed by atoms with Crippen LogP contribution in [0.4, 0.5) is 4.39 Å². The summed E-state index contributed by atoms with van der Waals surface area (Å²) in [7, 11) is 1.91. The van der Waals surface area contributed by atoms with Gasteiger partial charge in [-0.25, -0.2) is 9.37 Å². The second-order valence-electron chi connectivity index (χ2n) is 7.50. The lowest BCUT2D eigenvalue weighted by atomic mass is 9.81. The quantitative estimate of drug-likeness (QED) is 0.626. The van der Waals surface area contributed by atoms with E-state index in [0.717, 1.165) is 22.3 Å². The lowest BCUT2D eigenvalue weighted by Gasteiger charge is -2.30. The van der Waals surface area contributed by atoms with Crippen molar-refractivity contribution in [2.24, 2.45) is 12.8 Å². The highest BCUT2D eigenvalue weighted by Crippen LogP contribution is 2.35. The van der Waals surface area contributed by atoms with Crippen molar-refractivity contribution in [1.82, 2.24) is 9.55 Å². The number of amides is 1. The lowest BCUT2D eigenvalue weighted by Crippen LogP contribution is -2.32. The number of para-hydroxylation sites is 1. The van der Waals surface area contributed by atoms with Crippen LogP contribution in [0.25, 0.3) is 11.0 Å². The molecule has 0 bridgehead atoms. The van der Waals surface area contributed by atoms with Crippen molar-refractivity contribution in [3.8, 4) is 5.75 Å². The zero-order valence-corrected chi connectivity index (χ0v) is 16.3. The van der Waals surface area contributed by atoms with Crippen LogP contribution in [0, 0.1) is 5.82 Å². The minimum Gasteiger partial charge on any atom is -0.490 e. The molecule has 0 aliphatic heterocycles. The van der Waals surface area contributed by atoms with Gasteiger partial charge in [-0.1, -0.05) is 24.6 Å². The Bertz CT molecular complexity index is 1060. The first kappa shape index (κ1) is 19.6. The SMILES string of the molecule is C=C(C)CC(C)(COc1ccccc1F)c1cc2cc(C(N)=O)cnc2n1C. The Morgan fingerprint density at radius 1 is 1.36 bits per heavy atom. The van der Waals surface area contributed by atoms with Gasteiger partial charge >= 0.3 is 0 Å². The monoisotopic (exact) mass is 381 g/mol. The molecular weight excluding hydrogens is 357 g/mol. The average Bonchev–Trinajstić information content (AvgIpc) is 2.97. The summed E-state index contributed by atoms with van der Waals surface area (Å²) in [6.07, 6.45) is 2.12. The van der Waals surface area contributed by atoms with Crippen molar-refractivity contribution in [3.63, 3.8) is 0 Å². The van der Waals surface area contributed by atoms with E-state index in [-0.39, 0.29) is 12.4 Å². The molecule has 2 aromatic heterocycles. The number of carbonyl (C=O) groups excluding carboxylic acids is 1. The van der Waals surface area contributed by atoms with E-state index in [4.69, 9.17) is 10.5 Å². The van der Waals surface area contributed by atoms with Crippen molar-refractivity contribution in [3.05, 3.63) is 71.8 Å². The number of ether oxygens (including phenoxy) is 1. The molecule has 3 rings (SSSR count). The molecule has 0 saturated heterocycles. The van der Waals surface area contributed by atoms with E-state index < -0.39 is 17.1 Å². The van der Waals surface area contributed by atoms with Gasteiger partial charge in [0.15, 0.2) is 11.6 Å². The number of fused-ring (bicyclic) bond motifs is 1. The van der Waals surface area contributed by atoms with Gasteiger partial charge in [0.05, 0.1) is 12.2 Å². The van der Waals surface area contributed by atoms with Crippen LogP contribution >= 0.6 is 0 Å². The number of pyridine rings is 1. The number of nitrogens with two attached hydrogens (primary N) is 1. The minimum absolute atomic E-state index is 0.211. The van der Waals surface area contributed by atoms with Gasteiger partial charge in [0.1, 0.15) is 5.65 Å². The summed E-state index contributed by atoms with van der Waals surface area (Å²) in [6, 6.07) is 10.0. The predicted molar refractivity (Wildman–Crippen MR) is 108 cm³/mol. The molecule has 2 heterocycles. The third-order valence-electron chi connectivity index (χ3n) is 4.84. The van der Waals surface area contributed by atoms with Crippen LogP contribution in [-0.2, 0) is 12.5 Å². The Kier molecular flexibility index (Phi) is 5.23. The minimum atomic E-state index is -0.521. The number of benzene rings is 1. The number of hydrogen-bond donors (Lipinski definition) is 1. The topological polar surface area (TPSA) is 70.1 Å². The molecular formula is C22H24FN3O2. The Hall–Kier alpha value is -3.15. The largest absolute Gasteiger partial charge is 0.490 e. The number of primary amides is 1. The van der Waals surface area contributed by atoms with E-state index in [1.807, 2.05) is 31.5 Å². The molecule has 1 amide bonds. The summed E-state index contributed by atoms with van der Waals surface area (Å²) in [5.41, 5.74) is 7.93. The molecule has 1 aromatic carbocycles. The van der Waals surface area contributed by atoms with Crippen LogP contribution in [0.5, 0.6) is 5.75 Å². The first-order valence-corrected chi connectivity index (χ1v) is 8.99. The highest BCUT2D eigenvalue weighted by molar-refractivity contribution is 5.96. The summed E-state index contributed by atoms with van der Waals surface area (Å²) in [6.45, 7) is 8.30. The van der Waals surface area contributed by atoms with Crippen molar-refractivity contribution in [1.29, 1.82) is 0 Å². The third-order valence-corrected chi connectivity index (χ3v) is 4.84. The number of halogens is 1. The zero-order valence-electron chi connectivity index (χ0n) is 16.3. The highest BCUT2D eigenvalue weighted by Gasteiger charge is 2.32. The van der Waals surface area contributed by atoms with Crippen molar-refractivity contribution < 1.29 is 13.9 Å². The van der Waals surface area contributed by atoms with Crippen LogP contribution < -0.4 is 10.5 Å². The van der Waals surface area contributed by atoms with E-state index in [1.54, 1.807) is 24.3 Å². The number of aromatic nitrogens is 2. The van der Waals surface area contributed by atoms with Gasteiger partial charge in [-0.15, -0.1) is 6.58 Å². The zero-order chi connectivity index (χ0) is 20.5. The van der Waals surface area contributed by atoms with Gasteiger partial charge in [-0.2, -0.15) is 0 Å². The number of rotatable bonds is 7. The van der Waals surface area contributed by atoms with Gasteiger partial charge in [0, 0.05) is 29.7 Å². The van der Waals surface area contributed by atoms with E-state index in [1.165, 1.54) is 12.3 Å². The van der Waals surface area contributed by atoms with Crippen molar-refractivity contribution in [2.75, 3.05) is 6.61 Å². The summed E-state index contributed by atoms with van der Waals surface area (Å²) in [4.78, 5) is 15.9. The van der Waals surface area contributed by atoms with E-state index >= 15 is 0 Å². The second kappa shape index (κ2) is 7.46. The maximum absolute atomic E-state index is 14.0. The molecule has 1 atom stereocenters. The Morgan fingerprint density at radius 2 is 2.07 bits per heavy atom. The molecule has 0 spiro atoms. The number of allylic oxidation sites excluding steroid dienone is 1. The molecule has 28 heavy (non-hydrogen) atoms. The number of aryl methyl sites for hydroxylation is 1. The molecule has 5 nitrogen and oxygen atoms in total. The van der Waals surface area contributed by atoms with Gasteiger partial charge in [-0.3, -0.25) is 4.79 Å². The second-order valence-corrected chi connectivity index (χ2v) is 7.50. The predicted octanol–water partition coefficient (Wildman–Crippen LogP) is 4.11. The van der Waals surface area contributed by atoms with Gasteiger partial charge < -0.3 is 15.0 Å². The van der Waals surface area contributed by atoms with Crippen molar-refractivity contribution >= 4 is 16.9 Å². The average molecular weight is 381 g/mol. The molecule has 0 saturated carbocycles. The van der Waals surface area contributed by atoms with Gasteiger partial charge in [0.2, 0.25) is 5.91 Å². The fourth-order valence-electron chi connectivity index (χ4n) is 3.61. The van der Waals surface area contributed by atoms with Crippen LogP contribution in [0.3, 0.4) is 0 Å². The molecule has 2 N–H and O–H groups in total. The maximum atomic E-state index is 14.0. The fraction of sp³-hybridized carbons (Fsp3) is 0.273. The van der Waals surface area contributed by atoms with Crippen molar-refractivity contribution in [2.45, 2.75) is 25.7 Å². The van der Waals surface area contributed by atoms with Crippen LogP contribution in [0.1, 0.15) is 36.3 Å². The fourth-order valence-corrected chi connectivity index (χ4v) is 3.61. The molecule has 0 aliphatic rings. The number of nitrogens with zero attached hydrogens (tertiary/aromatic N) is 2. The molecule has 3 aromatic rings. The summed E-state index contributed by atoms with van der Waals surface area (Å²) in [5.74, 6) is -0.708. The maximum Gasteiger partial charge on any atom is 0.250 e. The first-order chi connectivity index (χ1) is 13.2. The molecule has 0 radical (unpaired) electrons. The van der Waals surface area contributed by atoms with Crippen LogP contribution in [-0.4, -0.2) is 22.1 Å². The van der Waals surface area contributed by atoms with Gasteiger partial charge in [0.25, 0.3) is 0 Å². The molecule has 0 fully saturated rings. The Balaban J connectivity index is 2.03. The Morgan fingerprint density at radius 3 is 2.71 bits per heavy atom.